The fourth-order valence-electron chi connectivity index (χ4n) is 1.64. The van der Waals surface area contributed by atoms with Gasteiger partial charge in [-0.15, -0.1) is 0 Å². The van der Waals surface area contributed by atoms with E-state index in [1.807, 2.05) is 0 Å². The summed E-state index contributed by atoms with van der Waals surface area (Å²) in [4.78, 5) is 13.3. The number of phenols is 1. The highest BCUT2D eigenvalue weighted by atomic mass is 16.3. The standard InChI is InChI=1S/C13H19NO3/c1-13(2,17)9-14(3)12(16)8-10-5-4-6-11(15)7-10/h4-7,15,17H,8-9H2,1-3H3. The summed E-state index contributed by atoms with van der Waals surface area (Å²) in [6.07, 6.45) is 0.223. The van der Waals surface area contributed by atoms with E-state index in [1.165, 1.54) is 4.90 Å². The molecule has 4 heteroatoms. The van der Waals surface area contributed by atoms with Gasteiger partial charge in [-0.05, 0) is 31.5 Å². The van der Waals surface area contributed by atoms with E-state index in [2.05, 4.69) is 0 Å². The van der Waals surface area contributed by atoms with Gasteiger partial charge in [-0.2, -0.15) is 0 Å². The summed E-state index contributed by atoms with van der Waals surface area (Å²) in [5, 5.41) is 18.9. The first-order valence-corrected chi connectivity index (χ1v) is 5.52. The number of aliphatic hydroxyl groups is 1. The highest BCUT2D eigenvalue weighted by Crippen LogP contribution is 2.12. The fourth-order valence-corrected chi connectivity index (χ4v) is 1.64. The van der Waals surface area contributed by atoms with E-state index >= 15 is 0 Å². The summed E-state index contributed by atoms with van der Waals surface area (Å²) in [6.45, 7) is 3.60. The fraction of sp³-hybridized carbons (Fsp3) is 0.462. The first-order chi connectivity index (χ1) is 7.78. The zero-order valence-corrected chi connectivity index (χ0v) is 10.5. The Bertz CT molecular complexity index is 396. The maximum atomic E-state index is 11.8. The lowest BCUT2D eigenvalue weighted by Gasteiger charge is -2.25. The summed E-state index contributed by atoms with van der Waals surface area (Å²) in [5.74, 6) is 0.0677. The van der Waals surface area contributed by atoms with E-state index in [0.717, 1.165) is 5.56 Å². The van der Waals surface area contributed by atoms with Crippen LogP contribution in [0.5, 0.6) is 5.75 Å². The first-order valence-electron chi connectivity index (χ1n) is 5.52. The lowest BCUT2D eigenvalue weighted by molar-refractivity contribution is -0.131. The third-order valence-electron chi connectivity index (χ3n) is 2.32. The van der Waals surface area contributed by atoms with Crippen LogP contribution in [0.1, 0.15) is 19.4 Å². The number of carbonyl (C=O) groups excluding carboxylic acids is 1. The molecule has 0 bridgehead atoms. The van der Waals surface area contributed by atoms with Crippen molar-refractivity contribution in [2.75, 3.05) is 13.6 Å². The van der Waals surface area contributed by atoms with Gasteiger partial charge in [0.2, 0.25) is 5.91 Å². The van der Waals surface area contributed by atoms with Crippen molar-refractivity contribution in [2.45, 2.75) is 25.9 Å². The second-order valence-electron chi connectivity index (χ2n) is 4.91. The minimum absolute atomic E-state index is 0.0854. The van der Waals surface area contributed by atoms with Crippen molar-refractivity contribution in [1.29, 1.82) is 0 Å². The van der Waals surface area contributed by atoms with E-state index in [-0.39, 0.29) is 24.6 Å². The number of benzene rings is 1. The third-order valence-corrected chi connectivity index (χ3v) is 2.32. The lowest BCUT2D eigenvalue weighted by Crippen LogP contribution is -2.40. The van der Waals surface area contributed by atoms with E-state index < -0.39 is 5.60 Å². The molecule has 94 valence electrons. The molecule has 0 saturated carbocycles. The van der Waals surface area contributed by atoms with Crippen LogP contribution in [0.3, 0.4) is 0 Å². The molecule has 1 amide bonds. The molecule has 0 radical (unpaired) electrons. The van der Waals surface area contributed by atoms with Crippen molar-refractivity contribution in [3.8, 4) is 5.75 Å². The molecule has 0 fully saturated rings. The van der Waals surface area contributed by atoms with E-state index in [9.17, 15) is 15.0 Å². The predicted molar refractivity (Wildman–Crippen MR) is 65.7 cm³/mol. The summed E-state index contributed by atoms with van der Waals surface area (Å²) in [7, 11) is 1.66. The van der Waals surface area contributed by atoms with Gasteiger partial charge >= 0.3 is 0 Å². The Morgan fingerprint density at radius 3 is 2.59 bits per heavy atom. The zero-order valence-electron chi connectivity index (χ0n) is 10.5. The quantitative estimate of drug-likeness (QED) is 0.826. The molecule has 4 nitrogen and oxygen atoms in total. The highest BCUT2D eigenvalue weighted by Gasteiger charge is 2.19. The minimum Gasteiger partial charge on any atom is -0.508 e. The van der Waals surface area contributed by atoms with Gasteiger partial charge in [-0.3, -0.25) is 4.79 Å². The molecule has 0 unspecified atom stereocenters. The Labute approximate surface area is 101 Å². The summed E-state index contributed by atoms with van der Waals surface area (Å²) in [5.41, 5.74) is -0.138. The van der Waals surface area contributed by atoms with Crippen LogP contribution in [-0.4, -0.2) is 40.2 Å². The van der Waals surface area contributed by atoms with Crippen LogP contribution in [0, 0.1) is 0 Å². The van der Waals surface area contributed by atoms with Gasteiger partial charge in [-0.1, -0.05) is 12.1 Å². The van der Waals surface area contributed by atoms with Crippen molar-refractivity contribution in [3.05, 3.63) is 29.8 Å². The summed E-state index contributed by atoms with van der Waals surface area (Å²) in [6, 6.07) is 6.62. The van der Waals surface area contributed by atoms with Crippen LogP contribution in [-0.2, 0) is 11.2 Å². The Hall–Kier alpha value is -1.55. The van der Waals surface area contributed by atoms with Gasteiger partial charge in [0.25, 0.3) is 0 Å². The second-order valence-corrected chi connectivity index (χ2v) is 4.91. The highest BCUT2D eigenvalue weighted by molar-refractivity contribution is 5.78. The molecule has 1 aromatic carbocycles. The molecule has 0 atom stereocenters. The minimum atomic E-state index is -0.900. The Morgan fingerprint density at radius 2 is 2.06 bits per heavy atom. The van der Waals surface area contributed by atoms with Gasteiger partial charge < -0.3 is 15.1 Å². The number of phenolic OH excluding ortho intramolecular Hbond substituents is 1. The number of nitrogens with zero attached hydrogens (tertiary/aromatic N) is 1. The van der Waals surface area contributed by atoms with Crippen LogP contribution in [0.15, 0.2) is 24.3 Å². The molecule has 1 aromatic rings. The Balaban J connectivity index is 2.60. The van der Waals surface area contributed by atoms with Gasteiger partial charge in [0.15, 0.2) is 0 Å². The molecule has 17 heavy (non-hydrogen) atoms. The average molecular weight is 237 g/mol. The Kier molecular flexibility index (Phi) is 4.12. The van der Waals surface area contributed by atoms with Gasteiger partial charge in [0.05, 0.1) is 12.0 Å². The number of hydrogen-bond donors (Lipinski definition) is 2. The topological polar surface area (TPSA) is 60.8 Å². The molecule has 0 spiro atoms. The molecule has 0 aliphatic carbocycles. The number of rotatable bonds is 4. The lowest BCUT2D eigenvalue weighted by atomic mass is 10.1. The second kappa shape index (κ2) is 5.19. The predicted octanol–water partition coefficient (Wildman–Crippen LogP) is 1.16. The van der Waals surface area contributed by atoms with E-state index in [0.29, 0.717) is 0 Å². The van der Waals surface area contributed by atoms with Gasteiger partial charge in [0, 0.05) is 13.6 Å². The van der Waals surface area contributed by atoms with Crippen LogP contribution in [0.25, 0.3) is 0 Å². The number of carbonyl (C=O) groups is 1. The molecule has 2 N–H and O–H groups in total. The smallest absolute Gasteiger partial charge is 0.226 e. The zero-order chi connectivity index (χ0) is 13.1. The van der Waals surface area contributed by atoms with Crippen LogP contribution in [0.4, 0.5) is 0 Å². The van der Waals surface area contributed by atoms with Crippen LogP contribution >= 0.6 is 0 Å². The SMILES string of the molecule is CN(CC(C)(C)O)C(=O)Cc1cccc(O)c1. The number of likely N-dealkylation sites (N-methyl/N-ethyl adjacent to an activating group) is 1. The van der Waals surface area contributed by atoms with E-state index in [1.54, 1.807) is 45.2 Å². The molecule has 0 aliphatic rings. The third kappa shape index (κ3) is 4.87. The summed E-state index contributed by atoms with van der Waals surface area (Å²) < 4.78 is 0. The number of hydrogen-bond acceptors (Lipinski definition) is 3. The van der Waals surface area contributed by atoms with Crippen LogP contribution in [0.2, 0.25) is 0 Å². The Morgan fingerprint density at radius 1 is 1.41 bits per heavy atom. The molecule has 0 heterocycles. The molecule has 0 saturated heterocycles. The molecular formula is C13H19NO3. The van der Waals surface area contributed by atoms with Gasteiger partial charge in [-0.25, -0.2) is 0 Å². The maximum absolute atomic E-state index is 11.8. The molecule has 1 rings (SSSR count). The van der Waals surface area contributed by atoms with Crippen molar-refractivity contribution in [2.24, 2.45) is 0 Å². The first kappa shape index (κ1) is 13.5. The van der Waals surface area contributed by atoms with E-state index in [4.69, 9.17) is 0 Å². The summed E-state index contributed by atoms with van der Waals surface area (Å²) >= 11 is 0. The van der Waals surface area contributed by atoms with Crippen molar-refractivity contribution in [3.63, 3.8) is 0 Å². The monoisotopic (exact) mass is 237 g/mol. The largest absolute Gasteiger partial charge is 0.508 e. The number of amides is 1. The van der Waals surface area contributed by atoms with Crippen molar-refractivity contribution < 1.29 is 15.0 Å². The average Bonchev–Trinajstić information content (AvgIpc) is 2.14. The molecule has 0 aromatic heterocycles. The normalized spacial score (nSPS) is 11.3. The van der Waals surface area contributed by atoms with Crippen molar-refractivity contribution in [1.82, 2.24) is 4.90 Å². The van der Waals surface area contributed by atoms with Crippen molar-refractivity contribution >= 4 is 5.91 Å². The molecular weight excluding hydrogens is 218 g/mol. The maximum Gasteiger partial charge on any atom is 0.226 e. The molecule has 0 aliphatic heterocycles. The van der Waals surface area contributed by atoms with Gasteiger partial charge in [0.1, 0.15) is 5.75 Å². The number of aromatic hydroxyl groups is 1. The van der Waals surface area contributed by atoms with Crippen LogP contribution < -0.4 is 0 Å².